The molecule has 2 rings (SSSR count). The topological polar surface area (TPSA) is 21.3 Å². The SMILES string of the molecule is CNC(Cc1ccccc1F)c1ccc(C)cc1OC. The van der Waals surface area contributed by atoms with Crippen LogP contribution in [-0.2, 0) is 6.42 Å². The predicted molar refractivity (Wildman–Crippen MR) is 79.6 cm³/mol. The molecule has 0 aliphatic carbocycles. The van der Waals surface area contributed by atoms with Gasteiger partial charge in [-0.1, -0.05) is 30.3 Å². The molecule has 0 aromatic heterocycles. The molecule has 0 spiro atoms. The molecule has 0 aliphatic rings. The second-order valence-electron chi connectivity index (χ2n) is 4.88. The van der Waals surface area contributed by atoms with Gasteiger partial charge in [-0.2, -0.15) is 0 Å². The maximum Gasteiger partial charge on any atom is 0.126 e. The third-order valence-corrected chi connectivity index (χ3v) is 3.49. The van der Waals surface area contributed by atoms with Crippen LogP contribution in [0.25, 0.3) is 0 Å². The lowest BCUT2D eigenvalue weighted by Gasteiger charge is -2.20. The van der Waals surface area contributed by atoms with Gasteiger partial charge in [0.05, 0.1) is 7.11 Å². The van der Waals surface area contributed by atoms with E-state index >= 15 is 0 Å². The monoisotopic (exact) mass is 273 g/mol. The minimum Gasteiger partial charge on any atom is -0.496 e. The smallest absolute Gasteiger partial charge is 0.126 e. The number of ether oxygens (including phenoxy) is 1. The van der Waals surface area contributed by atoms with E-state index in [-0.39, 0.29) is 11.9 Å². The lowest BCUT2D eigenvalue weighted by molar-refractivity contribution is 0.400. The highest BCUT2D eigenvalue weighted by atomic mass is 19.1. The molecule has 20 heavy (non-hydrogen) atoms. The summed E-state index contributed by atoms with van der Waals surface area (Å²) in [4.78, 5) is 0. The van der Waals surface area contributed by atoms with Crippen LogP contribution >= 0.6 is 0 Å². The van der Waals surface area contributed by atoms with Gasteiger partial charge in [-0.3, -0.25) is 0 Å². The lowest BCUT2D eigenvalue weighted by atomic mass is 9.97. The van der Waals surface area contributed by atoms with Crippen molar-refractivity contribution in [1.29, 1.82) is 0 Å². The largest absolute Gasteiger partial charge is 0.496 e. The number of halogens is 1. The van der Waals surface area contributed by atoms with Crippen molar-refractivity contribution >= 4 is 0 Å². The molecule has 106 valence electrons. The second-order valence-corrected chi connectivity index (χ2v) is 4.88. The molecule has 0 fully saturated rings. The number of benzene rings is 2. The Morgan fingerprint density at radius 2 is 1.95 bits per heavy atom. The quantitative estimate of drug-likeness (QED) is 0.898. The van der Waals surface area contributed by atoms with Crippen LogP contribution in [0, 0.1) is 12.7 Å². The fraction of sp³-hybridized carbons (Fsp3) is 0.294. The van der Waals surface area contributed by atoms with Crippen molar-refractivity contribution in [3.05, 3.63) is 65.0 Å². The van der Waals surface area contributed by atoms with Crippen LogP contribution in [0.1, 0.15) is 22.7 Å². The average molecular weight is 273 g/mol. The van der Waals surface area contributed by atoms with Gasteiger partial charge in [-0.15, -0.1) is 0 Å². The molecule has 1 unspecified atom stereocenters. The summed E-state index contributed by atoms with van der Waals surface area (Å²) < 4.78 is 19.2. The number of methoxy groups -OCH3 is 1. The number of hydrogen-bond donors (Lipinski definition) is 1. The van der Waals surface area contributed by atoms with Gasteiger partial charge in [0.1, 0.15) is 11.6 Å². The zero-order chi connectivity index (χ0) is 14.5. The molecule has 2 aromatic rings. The Balaban J connectivity index is 2.31. The molecule has 0 radical (unpaired) electrons. The standard InChI is InChI=1S/C17H20FNO/c1-12-8-9-14(17(10-12)20-3)16(19-2)11-13-6-4-5-7-15(13)18/h4-10,16,19H,11H2,1-3H3. The molecular formula is C17H20FNO. The van der Waals surface area contributed by atoms with E-state index in [1.807, 2.05) is 44.3 Å². The first-order valence-electron chi connectivity index (χ1n) is 6.71. The molecule has 0 saturated carbocycles. The Labute approximate surface area is 119 Å². The van der Waals surface area contributed by atoms with E-state index in [1.54, 1.807) is 13.2 Å². The summed E-state index contributed by atoms with van der Waals surface area (Å²) in [5.74, 6) is 0.666. The maximum absolute atomic E-state index is 13.8. The molecule has 2 nitrogen and oxygen atoms in total. The van der Waals surface area contributed by atoms with Crippen molar-refractivity contribution in [2.75, 3.05) is 14.2 Å². The molecule has 0 heterocycles. The number of aryl methyl sites for hydroxylation is 1. The van der Waals surface area contributed by atoms with Gasteiger partial charge in [0, 0.05) is 11.6 Å². The van der Waals surface area contributed by atoms with Gasteiger partial charge in [-0.25, -0.2) is 4.39 Å². The van der Waals surface area contributed by atoms with E-state index in [2.05, 4.69) is 5.32 Å². The van der Waals surface area contributed by atoms with E-state index in [0.717, 1.165) is 16.9 Å². The fourth-order valence-corrected chi connectivity index (χ4v) is 2.36. The highest BCUT2D eigenvalue weighted by molar-refractivity contribution is 5.40. The zero-order valence-corrected chi connectivity index (χ0v) is 12.1. The summed E-state index contributed by atoms with van der Waals surface area (Å²) in [6.07, 6.45) is 0.586. The molecule has 0 saturated heterocycles. The normalized spacial score (nSPS) is 12.2. The van der Waals surface area contributed by atoms with Gasteiger partial charge in [0.2, 0.25) is 0 Å². The molecule has 0 amide bonds. The van der Waals surface area contributed by atoms with Crippen LogP contribution in [0.5, 0.6) is 5.75 Å². The van der Waals surface area contributed by atoms with Crippen LogP contribution in [0.3, 0.4) is 0 Å². The third kappa shape index (κ3) is 3.17. The molecular weight excluding hydrogens is 253 g/mol. The van der Waals surface area contributed by atoms with Crippen LogP contribution in [0.15, 0.2) is 42.5 Å². The van der Waals surface area contributed by atoms with E-state index < -0.39 is 0 Å². The molecule has 3 heteroatoms. The van der Waals surface area contributed by atoms with E-state index in [4.69, 9.17) is 4.74 Å². The number of hydrogen-bond acceptors (Lipinski definition) is 2. The van der Waals surface area contributed by atoms with Gasteiger partial charge < -0.3 is 10.1 Å². The summed E-state index contributed by atoms with van der Waals surface area (Å²) in [6, 6.07) is 13.0. The minimum atomic E-state index is -0.168. The first-order valence-corrected chi connectivity index (χ1v) is 6.71. The van der Waals surface area contributed by atoms with Gasteiger partial charge >= 0.3 is 0 Å². The second kappa shape index (κ2) is 6.53. The van der Waals surface area contributed by atoms with Gasteiger partial charge in [-0.05, 0) is 43.7 Å². The average Bonchev–Trinajstić information content (AvgIpc) is 2.46. The Kier molecular flexibility index (Phi) is 4.74. The van der Waals surface area contributed by atoms with E-state index in [0.29, 0.717) is 12.0 Å². The first-order chi connectivity index (χ1) is 9.65. The van der Waals surface area contributed by atoms with E-state index in [1.165, 1.54) is 6.07 Å². The maximum atomic E-state index is 13.8. The van der Waals surface area contributed by atoms with Crippen molar-refractivity contribution in [3.8, 4) is 5.75 Å². The highest BCUT2D eigenvalue weighted by Crippen LogP contribution is 2.29. The Morgan fingerprint density at radius 3 is 2.60 bits per heavy atom. The van der Waals surface area contributed by atoms with Crippen LogP contribution in [0.4, 0.5) is 4.39 Å². The van der Waals surface area contributed by atoms with Gasteiger partial charge in [0.25, 0.3) is 0 Å². The summed E-state index contributed by atoms with van der Waals surface area (Å²) in [6.45, 7) is 2.03. The number of nitrogens with one attached hydrogen (secondary N) is 1. The Morgan fingerprint density at radius 1 is 1.20 bits per heavy atom. The highest BCUT2D eigenvalue weighted by Gasteiger charge is 2.16. The number of rotatable bonds is 5. The molecule has 0 aliphatic heterocycles. The van der Waals surface area contributed by atoms with Crippen LogP contribution in [0.2, 0.25) is 0 Å². The number of likely N-dealkylation sites (N-methyl/N-ethyl adjacent to an activating group) is 1. The fourth-order valence-electron chi connectivity index (χ4n) is 2.36. The van der Waals surface area contributed by atoms with E-state index in [9.17, 15) is 4.39 Å². The Bertz CT molecular complexity index is 583. The molecule has 0 bridgehead atoms. The van der Waals surface area contributed by atoms with Crippen molar-refractivity contribution in [3.63, 3.8) is 0 Å². The summed E-state index contributed by atoms with van der Waals surface area (Å²) >= 11 is 0. The minimum absolute atomic E-state index is 0.0162. The molecule has 2 aromatic carbocycles. The Hall–Kier alpha value is -1.87. The summed E-state index contributed by atoms with van der Waals surface area (Å²) in [7, 11) is 3.54. The predicted octanol–water partition coefficient (Wildman–Crippen LogP) is 3.65. The van der Waals surface area contributed by atoms with Crippen molar-refractivity contribution in [1.82, 2.24) is 5.32 Å². The van der Waals surface area contributed by atoms with Crippen LogP contribution < -0.4 is 10.1 Å². The summed E-state index contributed by atoms with van der Waals surface area (Å²) in [5.41, 5.74) is 2.89. The zero-order valence-electron chi connectivity index (χ0n) is 12.1. The molecule has 1 atom stereocenters. The van der Waals surface area contributed by atoms with Gasteiger partial charge in [0.15, 0.2) is 0 Å². The van der Waals surface area contributed by atoms with Crippen LogP contribution in [-0.4, -0.2) is 14.2 Å². The van der Waals surface area contributed by atoms with Crippen molar-refractivity contribution < 1.29 is 9.13 Å². The van der Waals surface area contributed by atoms with Crippen molar-refractivity contribution in [2.45, 2.75) is 19.4 Å². The lowest BCUT2D eigenvalue weighted by Crippen LogP contribution is -2.20. The third-order valence-electron chi connectivity index (χ3n) is 3.49. The van der Waals surface area contributed by atoms with Crippen molar-refractivity contribution in [2.24, 2.45) is 0 Å². The summed E-state index contributed by atoms with van der Waals surface area (Å²) in [5, 5.41) is 3.24. The molecule has 1 N–H and O–H groups in total. The first kappa shape index (κ1) is 14.5.